The lowest BCUT2D eigenvalue weighted by molar-refractivity contribution is -0.115. The van der Waals surface area contributed by atoms with Gasteiger partial charge in [0, 0.05) is 12.6 Å². The molecule has 1 amide bonds. The average molecular weight is 296 g/mol. The number of amides is 1. The number of halogens is 2. The Hall–Kier alpha value is -1.53. The number of carbonyl (C=O) groups is 1. The second kappa shape index (κ2) is 6.07. The van der Waals surface area contributed by atoms with Crippen LogP contribution in [0, 0.1) is 17.6 Å². The highest BCUT2D eigenvalue weighted by Gasteiger charge is 2.40. The van der Waals surface area contributed by atoms with E-state index < -0.39 is 23.2 Å². The van der Waals surface area contributed by atoms with Crippen LogP contribution in [0.3, 0.4) is 0 Å². The highest BCUT2D eigenvalue weighted by Crippen LogP contribution is 2.38. The van der Waals surface area contributed by atoms with Crippen molar-refractivity contribution in [2.45, 2.75) is 31.4 Å². The van der Waals surface area contributed by atoms with Crippen LogP contribution in [0.2, 0.25) is 0 Å². The van der Waals surface area contributed by atoms with Crippen LogP contribution in [0.1, 0.15) is 19.3 Å². The summed E-state index contributed by atoms with van der Waals surface area (Å²) in [5.41, 5.74) is -0.397. The standard InChI is InChI=1S/C15H18F2N2O2/c16-10-2-1-3-11(17)14(10)19-13(20)8-18-12-6-7-21-15(12)9-4-5-9/h1-3,9,12,15,18H,4-8H2,(H,19,20). The van der Waals surface area contributed by atoms with Gasteiger partial charge in [0.1, 0.15) is 17.3 Å². The lowest BCUT2D eigenvalue weighted by atomic mass is 10.1. The highest BCUT2D eigenvalue weighted by atomic mass is 19.1. The number of para-hydroxylation sites is 1. The highest BCUT2D eigenvalue weighted by molar-refractivity contribution is 5.92. The number of carbonyl (C=O) groups excluding carboxylic acids is 1. The molecule has 21 heavy (non-hydrogen) atoms. The van der Waals surface area contributed by atoms with E-state index in [4.69, 9.17) is 4.74 Å². The molecular weight excluding hydrogens is 278 g/mol. The minimum atomic E-state index is -0.775. The van der Waals surface area contributed by atoms with Crippen molar-refractivity contribution in [2.24, 2.45) is 5.92 Å². The van der Waals surface area contributed by atoms with E-state index in [1.54, 1.807) is 0 Å². The van der Waals surface area contributed by atoms with Crippen LogP contribution < -0.4 is 10.6 Å². The van der Waals surface area contributed by atoms with Crippen molar-refractivity contribution >= 4 is 11.6 Å². The van der Waals surface area contributed by atoms with E-state index in [1.165, 1.54) is 18.9 Å². The fourth-order valence-electron chi connectivity index (χ4n) is 2.74. The van der Waals surface area contributed by atoms with Crippen molar-refractivity contribution in [3.8, 4) is 0 Å². The molecular formula is C15H18F2N2O2. The summed E-state index contributed by atoms with van der Waals surface area (Å²) in [5, 5.41) is 5.40. The fraction of sp³-hybridized carbons (Fsp3) is 0.533. The van der Waals surface area contributed by atoms with E-state index in [-0.39, 0.29) is 18.7 Å². The Balaban J connectivity index is 1.52. The molecule has 4 nitrogen and oxygen atoms in total. The first-order valence-electron chi connectivity index (χ1n) is 7.24. The third kappa shape index (κ3) is 3.39. The van der Waals surface area contributed by atoms with Crippen LogP contribution in [-0.2, 0) is 9.53 Å². The molecule has 2 atom stereocenters. The van der Waals surface area contributed by atoms with Crippen molar-refractivity contribution in [2.75, 3.05) is 18.5 Å². The number of anilines is 1. The lowest BCUT2D eigenvalue weighted by Crippen LogP contribution is -2.41. The smallest absolute Gasteiger partial charge is 0.238 e. The lowest BCUT2D eigenvalue weighted by Gasteiger charge is -2.19. The number of ether oxygens (including phenoxy) is 1. The molecule has 2 aliphatic rings. The van der Waals surface area contributed by atoms with Crippen molar-refractivity contribution in [3.05, 3.63) is 29.8 Å². The van der Waals surface area contributed by atoms with Gasteiger partial charge in [0.25, 0.3) is 0 Å². The van der Waals surface area contributed by atoms with E-state index in [2.05, 4.69) is 10.6 Å². The zero-order valence-electron chi connectivity index (χ0n) is 11.6. The SMILES string of the molecule is O=C(CNC1CCOC1C1CC1)Nc1c(F)cccc1F. The molecule has 1 heterocycles. The summed E-state index contributed by atoms with van der Waals surface area (Å²) in [6.07, 6.45) is 3.39. The Morgan fingerprint density at radius 3 is 2.62 bits per heavy atom. The van der Waals surface area contributed by atoms with E-state index in [0.29, 0.717) is 12.5 Å². The number of benzene rings is 1. The van der Waals surface area contributed by atoms with Gasteiger partial charge in [-0.3, -0.25) is 4.79 Å². The van der Waals surface area contributed by atoms with E-state index in [9.17, 15) is 13.6 Å². The Morgan fingerprint density at radius 1 is 1.24 bits per heavy atom. The zero-order chi connectivity index (χ0) is 14.8. The first-order chi connectivity index (χ1) is 10.1. The first-order valence-corrected chi connectivity index (χ1v) is 7.24. The van der Waals surface area contributed by atoms with Crippen LogP contribution in [0.25, 0.3) is 0 Å². The minimum absolute atomic E-state index is 0.0189. The summed E-state index contributed by atoms with van der Waals surface area (Å²) in [6, 6.07) is 3.63. The van der Waals surface area contributed by atoms with Crippen LogP contribution in [0.5, 0.6) is 0 Å². The van der Waals surface area contributed by atoms with Gasteiger partial charge in [-0.1, -0.05) is 6.07 Å². The van der Waals surface area contributed by atoms with Gasteiger partial charge in [0.05, 0.1) is 12.6 Å². The van der Waals surface area contributed by atoms with Crippen LogP contribution >= 0.6 is 0 Å². The zero-order valence-corrected chi connectivity index (χ0v) is 11.6. The van der Waals surface area contributed by atoms with Gasteiger partial charge in [-0.25, -0.2) is 8.78 Å². The van der Waals surface area contributed by atoms with Crippen molar-refractivity contribution in [1.29, 1.82) is 0 Å². The largest absolute Gasteiger partial charge is 0.376 e. The fourth-order valence-corrected chi connectivity index (χ4v) is 2.74. The molecule has 114 valence electrons. The maximum Gasteiger partial charge on any atom is 0.238 e. The monoisotopic (exact) mass is 296 g/mol. The Labute approximate surface area is 121 Å². The number of rotatable bonds is 5. The van der Waals surface area contributed by atoms with Crippen molar-refractivity contribution in [1.82, 2.24) is 5.32 Å². The van der Waals surface area contributed by atoms with Crippen LogP contribution in [0.4, 0.5) is 14.5 Å². The van der Waals surface area contributed by atoms with Crippen molar-refractivity contribution in [3.63, 3.8) is 0 Å². The van der Waals surface area contributed by atoms with Gasteiger partial charge < -0.3 is 15.4 Å². The molecule has 1 saturated heterocycles. The Bertz CT molecular complexity index is 514. The first kappa shape index (κ1) is 14.4. The topological polar surface area (TPSA) is 50.4 Å². The molecule has 0 spiro atoms. The van der Waals surface area contributed by atoms with Crippen LogP contribution in [0.15, 0.2) is 18.2 Å². The van der Waals surface area contributed by atoms with Gasteiger partial charge in [-0.15, -0.1) is 0 Å². The number of hydrogen-bond acceptors (Lipinski definition) is 3. The van der Waals surface area contributed by atoms with Gasteiger partial charge >= 0.3 is 0 Å². The second-order valence-electron chi connectivity index (χ2n) is 5.59. The number of nitrogens with one attached hydrogen (secondary N) is 2. The summed E-state index contributed by atoms with van der Waals surface area (Å²) < 4.78 is 32.5. The van der Waals surface area contributed by atoms with E-state index >= 15 is 0 Å². The molecule has 0 bridgehead atoms. The molecule has 1 saturated carbocycles. The van der Waals surface area contributed by atoms with Gasteiger partial charge in [-0.2, -0.15) is 0 Å². The van der Waals surface area contributed by atoms with Gasteiger partial charge in [0.2, 0.25) is 5.91 Å². The Morgan fingerprint density at radius 2 is 1.95 bits per heavy atom. The van der Waals surface area contributed by atoms with Crippen LogP contribution in [-0.4, -0.2) is 31.2 Å². The molecule has 1 aromatic carbocycles. The molecule has 0 radical (unpaired) electrons. The predicted octanol–water partition coefficient (Wildman–Crippen LogP) is 2.06. The Kier molecular flexibility index (Phi) is 4.17. The predicted molar refractivity (Wildman–Crippen MR) is 73.9 cm³/mol. The molecule has 2 N–H and O–H groups in total. The normalized spacial score (nSPS) is 25.0. The van der Waals surface area contributed by atoms with Crippen molar-refractivity contribution < 1.29 is 18.3 Å². The maximum absolute atomic E-state index is 13.4. The molecule has 0 aromatic heterocycles. The molecule has 1 aromatic rings. The third-order valence-corrected chi connectivity index (χ3v) is 3.97. The quantitative estimate of drug-likeness (QED) is 0.874. The average Bonchev–Trinajstić information content (AvgIpc) is 3.19. The summed E-state index contributed by atoms with van der Waals surface area (Å²) in [7, 11) is 0. The summed E-state index contributed by atoms with van der Waals surface area (Å²) in [6.45, 7) is 0.716. The molecule has 6 heteroatoms. The summed E-state index contributed by atoms with van der Waals surface area (Å²) in [5.74, 6) is -1.41. The van der Waals surface area contributed by atoms with Gasteiger partial charge in [-0.05, 0) is 37.3 Å². The maximum atomic E-state index is 13.4. The minimum Gasteiger partial charge on any atom is -0.376 e. The molecule has 2 fully saturated rings. The molecule has 3 rings (SSSR count). The third-order valence-electron chi connectivity index (χ3n) is 3.97. The van der Waals surface area contributed by atoms with E-state index in [1.807, 2.05) is 0 Å². The van der Waals surface area contributed by atoms with E-state index in [0.717, 1.165) is 18.6 Å². The molecule has 1 aliphatic heterocycles. The molecule has 2 unspecified atom stereocenters. The summed E-state index contributed by atoms with van der Waals surface area (Å²) in [4.78, 5) is 11.8. The number of hydrogen-bond donors (Lipinski definition) is 2. The molecule has 1 aliphatic carbocycles. The summed E-state index contributed by atoms with van der Waals surface area (Å²) >= 11 is 0. The van der Waals surface area contributed by atoms with Gasteiger partial charge in [0.15, 0.2) is 0 Å². The second-order valence-corrected chi connectivity index (χ2v) is 5.59.